The number of nitrogens with zero attached hydrogens (tertiary/aromatic N) is 3. The average Bonchev–Trinajstić information content (AvgIpc) is 3.60. The summed E-state index contributed by atoms with van der Waals surface area (Å²) in [6, 6.07) is 48.5. The zero-order chi connectivity index (χ0) is 27.6. The lowest BCUT2D eigenvalue weighted by Gasteiger charge is -2.38. The standard InChI is InChI=1S/C38H24N3O/c1-2-11-24(12-3-1)37-28-15-4-7-17-31(28)39-38(40-37)30-16-10-20-34-36(30)29-22-21-25(23-35(29)42-34)41-32-18-8-5-13-26(32)27-14-6-9-19-33(27)41/h1-23,38H/q-1. The molecule has 6 aromatic carbocycles. The van der Waals surface area contributed by atoms with Crippen LogP contribution in [0.1, 0.15) is 22.9 Å². The first-order chi connectivity index (χ1) is 20.8. The zero-order valence-corrected chi connectivity index (χ0v) is 22.6. The Morgan fingerprint density at radius 3 is 2.12 bits per heavy atom. The fraction of sp³-hybridized carbons (Fsp3) is 0.0263. The van der Waals surface area contributed by atoms with Gasteiger partial charge in [-0.3, -0.25) is 4.99 Å². The molecule has 0 saturated carbocycles. The summed E-state index contributed by atoms with van der Waals surface area (Å²) in [5, 5.41) is 9.73. The van der Waals surface area contributed by atoms with Crippen molar-refractivity contribution in [3.05, 3.63) is 162 Å². The maximum atomic E-state index is 6.52. The third-order valence-corrected chi connectivity index (χ3v) is 8.35. The van der Waals surface area contributed by atoms with E-state index in [-0.39, 0.29) is 6.17 Å². The number of fused-ring (bicyclic) bond motifs is 7. The summed E-state index contributed by atoms with van der Waals surface area (Å²) >= 11 is 0. The van der Waals surface area contributed by atoms with E-state index >= 15 is 0 Å². The van der Waals surface area contributed by atoms with E-state index in [1.54, 1.807) is 0 Å². The van der Waals surface area contributed by atoms with Crippen molar-refractivity contribution in [1.29, 1.82) is 0 Å². The smallest absolute Gasteiger partial charge is 0.137 e. The van der Waals surface area contributed by atoms with Gasteiger partial charge in [-0.2, -0.15) is 0 Å². The third kappa shape index (κ3) is 3.39. The van der Waals surface area contributed by atoms with E-state index in [2.05, 4.69) is 114 Å². The molecule has 0 fully saturated rings. The molecule has 42 heavy (non-hydrogen) atoms. The lowest BCUT2D eigenvalue weighted by molar-refractivity contribution is 0.668. The summed E-state index contributed by atoms with van der Waals surface area (Å²) in [6.07, 6.45) is -0.378. The minimum atomic E-state index is -0.378. The largest absolute Gasteiger partial charge is 0.659 e. The van der Waals surface area contributed by atoms with Crippen molar-refractivity contribution in [3.8, 4) is 5.69 Å². The van der Waals surface area contributed by atoms with Gasteiger partial charge in [-0.15, -0.1) is 5.69 Å². The molecular formula is C38H24N3O-. The first-order valence-corrected chi connectivity index (χ1v) is 14.2. The second-order valence-electron chi connectivity index (χ2n) is 10.7. The average molecular weight is 539 g/mol. The summed E-state index contributed by atoms with van der Waals surface area (Å²) in [5.41, 5.74) is 10.2. The highest BCUT2D eigenvalue weighted by molar-refractivity contribution is 6.18. The zero-order valence-electron chi connectivity index (χ0n) is 22.6. The molecule has 0 bridgehead atoms. The molecule has 0 amide bonds. The van der Waals surface area contributed by atoms with Crippen molar-refractivity contribution < 1.29 is 4.42 Å². The van der Waals surface area contributed by atoms with Gasteiger partial charge in [-0.05, 0) is 41.5 Å². The van der Waals surface area contributed by atoms with Gasteiger partial charge < -0.3 is 14.3 Å². The topological polar surface area (TPSA) is 44.5 Å². The van der Waals surface area contributed by atoms with E-state index in [1.165, 1.54) is 21.8 Å². The van der Waals surface area contributed by atoms with Crippen molar-refractivity contribution >= 4 is 55.1 Å². The molecule has 4 heteroatoms. The predicted octanol–water partition coefficient (Wildman–Crippen LogP) is 10.2. The fourth-order valence-electron chi connectivity index (χ4n) is 6.50. The van der Waals surface area contributed by atoms with E-state index in [1.807, 2.05) is 30.3 Å². The Morgan fingerprint density at radius 1 is 0.595 bits per heavy atom. The molecule has 0 spiro atoms. The molecule has 1 atom stereocenters. The van der Waals surface area contributed by atoms with Crippen LogP contribution in [0.2, 0.25) is 0 Å². The van der Waals surface area contributed by atoms with Gasteiger partial charge >= 0.3 is 0 Å². The predicted molar refractivity (Wildman–Crippen MR) is 172 cm³/mol. The summed E-state index contributed by atoms with van der Waals surface area (Å²) in [4.78, 5) is 5.23. The molecule has 9 rings (SSSR count). The molecule has 0 saturated heterocycles. The van der Waals surface area contributed by atoms with E-state index < -0.39 is 0 Å². The van der Waals surface area contributed by atoms with Crippen LogP contribution in [0.25, 0.3) is 54.7 Å². The highest BCUT2D eigenvalue weighted by Gasteiger charge is 2.20. The van der Waals surface area contributed by atoms with Crippen LogP contribution in [0.3, 0.4) is 0 Å². The Hall–Kier alpha value is -5.61. The molecule has 0 radical (unpaired) electrons. The van der Waals surface area contributed by atoms with Gasteiger partial charge in [0.05, 0.1) is 16.7 Å². The van der Waals surface area contributed by atoms with Crippen molar-refractivity contribution in [3.63, 3.8) is 0 Å². The summed E-state index contributed by atoms with van der Waals surface area (Å²) < 4.78 is 8.85. The summed E-state index contributed by atoms with van der Waals surface area (Å²) in [6.45, 7) is 0. The molecule has 2 aromatic heterocycles. The number of hydrogen-bond acceptors (Lipinski definition) is 2. The molecule has 3 heterocycles. The number of hydrogen-bond donors (Lipinski definition) is 0. The molecule has 0 N–H and O–H groups in total. The molecule has 8 aromatic rings. The maximum Gasteiger partial charge on any atom is 0.137 e. The number of aliphatic imine (C=N–C) groups is 1. The number of benzene rings is 6. The van der Waals surface area contributed by atoms with Crippen molar-refractivity contribution in [2.24, 2.45) is 4.99 Å². The van der Waals surface area contributed by atoms with Gasteiger partial charge in [-0.1, -0.05) is 103 Å². The van der Waals surface area contributed by atoms with E-state index in [4.69, 9.17) is 14.7 Å². The Labute approximate surface area is 242 Å². The van der Waals surface area contributed by atoms with Crippen LogP contribution in [0.15, 0.2) is 149 Å². The minimum absolute atomic E-state index is 0.378. The Balaban J connectivity index is 1.23. The van der Waals surface area contributed by atoms with Crippen molar-refractivity contribution in [2.45, 2.75) is 6.17 Å². The molecule has 0 aliphatic carbocycles. The molecule has 1 unspecified atom stereocenters. The van der Waals surface area contributed by atoms with Crippen LogP contribution < -0.4 is 0 Å². The van der Waals surface area contributed by atoms with Gasteiger partial charge in [0, 0.05) is 45.0 Å². The maximum absolute atomic E-state index is 6.52. The Bertz CT molecular complexity index is 2290. The molecule has 198 valence electrons. The van der Waals surface area contributed by atoms with E-state index in [0.29, 0.717) is 0 Å². The van der Waals surface area contributed by atoms with Crippen LogP contribution in [0, 0.1) is 0 Å². The van der Waals surface area contributed by atoms with Gasteiger partial charge in [0.2, 0.25) is 0 Å². The quantitative estimate of drug-likeness (QED) is 0.221. The lowest BCUT2D eigenvalue weighted by atomic mass is 9.96. The monoisotopic (exact) mass is 538 g/mol. The second-order valence-corrected chi connectivity index (χ2v) is 10.7. The van der Waals surface area contributed by atoms with Gasteiger partial charge in [-0.25, -0.2) is 0 Å². The van der Waals surface area contributed by atoms with E-state index in [9.17, 15) is 0 Å². The molecular weight excluding hydrogens is 514 g/mol. The van der Waals surface area contributed by atoms with Crippen molar-refractivity contribution in [1.82, 2.24) is 4.57 Å². The molecule has 4 nitrogen and oxygen atoms in total. The number of aromatic nitrogens is 1. The normalized spacial score (nSPS) is 14.8. The highest BCUT2D eigenvalue weighted by atomic mass is 16.3. The van der Waals surface area contributed by atoms with Crippen LogP contribution in [-0.4, -0.2) is 10.3 Å². The van der Waals surface area contributed by atoms with Crippen LogP contribution >= 0.6 is 0 Å². The summed E-state index contributed by atoms with van der Waals surface area (Å²) in [5.74, 6) is 0. The third-order valence-electron chi connectivity index (χ3n) is 8.35. The molecule has 1 aliphatic heterocycles. The molecule has 1 aliphatic rings. The van der Waals surface area contributed by atoms with Gasteiger partial charge in [0.25, 0.3) is 0 Å². The Kier molecular flexibility index (Phi) is 4.93. The van der Waals surface area contributed by atoms with Crippen LogP contribution in [0.5, 0.6) is 0 Å². The number of para-hydroxylation sites is 3. The van der Waals surface area contributed by atoms with Crippen LogP contribution in [0.4, 0.5) is 5.69 Å². The minimum Gasteiger partial charge on any atom is -0.659 e. The Morgan fingerprint density at radius 2 is 1.31 bits per heavy atom. The second kappa shape index (κ2) is 8.95. The number of rotatable bonds is 3. The van der Waals surface area contributed by atoms with Gasteiger partial charge in [0.15, 0.2) is 0 Å². The first kappa shape index (κ1) is 23.1. The first-order valence-electron chi connectivity index (χ1n) is 14.2. The number of furan rings is 1. The van der Waals surface area contributed by atoms with Gasteiger partial charge in [0.1, 0.15) is 11.2 Å². The highest BCUT2D eigenvalue weighted by Crippen LogP contribution is 2.45. The summed E-state index contributed by atoms with van der Waals surface area (Å²) in [7, 11) is 0. The SMILES string of the molecule is c1ccc(C2=NC(c3cccc4oc5cc(-n6c7ccccc7c7ccccc76)ccc5c34)[N-]c3ccccc32)cc1. The lowest BCUT2D eigenvalue weighted by Crippen LogP contribution is -2.12. The van der Waals surface area contributed by atoms with E-state index in [0.717, 1.165) is 55.7 Å². The fourth-order valence-corrected chi connectivity index (χ4v) is 6.50. The van der Waals surface area contributed by atoms with Crippen molar-refractivity contribution in [2.75, 3.05) is 0 Å². The van der Waals surface area contributed by atoms with Crippen LogP contribution in [-0.2, 0) is 0 Å².